The molecule has 0 aromatic heterocycles. The molecule has 2 amide bonds. The SMILES string of the molecule is CCN(CC)C(=O)[C@H]1[C@@H]2CN(C(=O)O)C[C@@H]21. The predicted octanol–water partition coefficient (Wildman–Crippen LogP) is 0.711. The number of fused-ring (bicyclic) bond motifs is 1. The van der Waals surface area contributed by atoms with Gasteiger partial charge in [-0.25, -0.2) is 4.79 Å². The predicted molar refractivity (Wildman–Crippen MR) is 58.0 cm³/mol. The third-order valence-electron chi connectivity index (χ3n) is 3.82. The van der Waals surface area contributed by atoms with Crippen molar-refractivity contribution in [2.75, 3.05) is 26.2 Å². The number of hydrogen-bond donors (Lipinski definition) is 1. The van der Waals surface area contributed by atoms with E-state index < -0.39 is 6.09 Å². The number of rotatable bonds is 3. The highest BCUT2D eigenvalue weighted by Gasteiger charge is 2.60. The number of amides is 2. The second-order valence-electron chi connectivity index (χ2n) is 4.55. The largest absolute Gasteiger partial charge is 0.465 e. The maximum Gasteiger partial charge on any atom is 0.407 e. The zero-order chi connectivity index (χ0) is 11.9. The van der Waals surface area contributed by atoms with Gasteiger partial charge in [0.15, 0.2) is 0 Å². The van der Waals surface area contributed by atoms with Crippen LogP contribution in [0.15, 0.2) is 0 Å². The van der Waals surface area contributed by atoms with Crippen molar-refractivity contribution in [2.45, 2.75) is 13.8 Å². The molecule has 1 aliphatic heterocycles. The topological polar surface area (TPSA) is 60.9 Å². The van der Waals surface area contributed by atoms with E-state index in [9.17, 15) is 9.59 Å². The monoisotopic (exact) mass is 226 g/mol. The molecule has 0 aromatic rings. The number of carbonyl (C=O) groups excluding carboxylic acids is 1. The fraction of sp³-hybridized carbons (Fsp3) is 0.818. The highest BCUT2D eigenvalue weighted by Crippen LogP contribution is 2.52. The van der Waals surface area contributed by atoms with Crippen molar-refractivity contribution < 1.29 is 14.7 Å². The van der Waals surface area contributed by atoms with Crippen LogP contribution in [0.3, 0.4) is 0 Å². The highest BCUT2D eigenvalue weighted by molar-refractivity contribution is 5.83. The van der Waals surface area contributed by atoms with Crippen molar-refractivity contribution in [1.82, 2.24) is 9.80 Å². The van der Waals surface area contributed by atoms with E-state index in [1.807, 2.05) is 18.7 Å². The first-order valence-corrected chi connectivity index (χ1v) is 5.86. The van der Waals surface area contributed by atoms with Gasteiger partial charge in [0.25, 0.3) is 0 Å². The van der Waals surface area contributed by atoms with Crippen LogP contribution in [0.1, 0.15) is 13.8 Å². The number of carbonyl (C=O) groups is 2. The van der Waals surface area contributed by atoms with Gasteiger partial charge in [0, 0.05) is 32.1 Å². The summed E-state index contributed by atoms with van der Waals surface area (Å²) in [6.07, 6.45) is -0.860. The molecule has 0 radical (unpaired) electrons. The zero-order valence-electron chi connectivity index (χ0n) is 9.72. The fourth-order valence-electron chi connectivity index (χ4n) is 2.79. The van der Waals surface area contributed by atoms with Crippen molar-refractivity contribution in [3.63, 3.8) is 0 Å². The molecule has 5 nitrogen and oxygen atoms in total. The van der Waals surface area contributed by atoms with Crippen molar-refractivity contribution >= 4 is 12.0 Å². The molecule has 3 atom stereocenters. The lowest BCUT2D eigenvalue weighted by Gasteiger charge is -2.21. The smallest absolute Gasteiger partial charge is 0.407 e. The van der Waals surface area contributed by atoms with Gasteiger partial charge in [0.2, 0.25) is 5.91 Å². The Balaban J connectivity index is 1.90. The van der Waals surface area contributed by atoms with E-state index in [4.69, 9.17) is 5.11 Å². The lowest BCUT2D eigenvalue weighted by molar-refractivity contribution is -0.133. The molecule has 2 aliphatic rings. The second-order valence-corrected chi connectivity index (χ2v) is 4.55. The Labute approximate surface area is 95.0 Å². The summed E-state index contributed by atoms with van der Waals surface area (Å²) in [6, 6.07) is 0. The summed E-state index contributed by atoms with van der Waals surface area (Å²) in [5.74, 6) is 0.869. The number of hydrogen-bond acceptors (Lipinski definition) is 2. The first-order valence-electron chi connectivity index (χ1n) is 5.86. The lowest BCUT2D eigenvalue weighted by Crippen LogP contribution is -2.36. The summed E-state index contributed by atoms with van der Waals surface area (Å²) in [6.45, 7) is 6.52. The summed E-state index contributed by atoms with van der Waals surface area (Å²) in [4.78, 5) is 26.0. The van der Waals surface area contributed by atoms with Crippen molar-refractivity contribution in [1.29, 1.82) is 0 Å². The lowest BCUT2D eigenvalue weighted by atomic mass is 10.2. The van der Waals surface area contributed by atoms with Gasteiger partial charge in [-0.05, 0) is 25.7 Å². The molecule has 0 spiro atoms. The first-order chi connectivity index (χ1) is 7.60. The molecule has 1 aliphatic carbocycles. The summed E-state index contributed by atoms with van der Waals surface area (Å²) in [5, 5.41) is 8.81. The van der Waals surface area contributed by atoms with Crippen LogP contribution in [0.25, 0.3) is 0 Å². The van der Waals surface area contributed by atoms with Crippen molar-refractivity contribution in [3.8, 4) is 0 Å². The Bertz CT molecular complexity index is 302. The Hall–Kier alpha value is -1.26. The van der Waals surface area contributed by atoms with Gasteiger partial charge in [0.1, 0.15) is 0 Å². The van der Waals surface area contributed by atoms with Gasteiger partial charge in [-0.3, -0.25) is 4.79 Å². The maximum atomic E-state index is 12.0. The number of piperidine rings is 1. The minimum atomic E-state index is -0.860. The van der Waals surface area contributed by atoms with Crippen LogP contribution in [0, 0.1) is 17.8 Å². The van der Waals surface area contributed by atoms with Crippen LogP contribution >= 0.6 is 0 Å². The first kappa shape index (κ1) is 11.2. The molecule has 1 N–H and O–H groups in total. The third kappa shape index (κ3) is 1.64. The van der Waals surface area contributed by atoms with Crippen LogP contribution in [0.4, 0.5) is 4.79 Å². The molecule has 5 heteroatoms. The Morgan fingerprint density at radius 3 is 2.12 bits per heavy atom. The molecule has 0 aromatic carbocycles. The molecule has 2 fully saturated rings. The van der Waals surface area contributed by atoms with Gasteiger partial charge in [-0.1, -0.05) is 0 Å². The molecule has 0 bridgehead atoms. The minimum absolute atomic E-state index is 0.0931. The van der Waals surface area contributed by atoms with Crippen LogP contribution < -0.4 is 0 Å². The number of carboxylic acid groups (broad SMARTS) is 1. The van der Waals surface area contributed by atoms with Crippen LogP contribution in [0.2, 0.25) is 0 Å². The highest BCUT2D eigenvalue weighted by atomic mass is 16.4. The standard InChI is InChI=1S/C11H18N2O3/c1-3-12(4-2)10(14)9-7-5-13(11(15)16)6-8(7)9/h7-9H,3-6H2,1-2H3,(H,15,16)/t7-,8+,9+. The van der Waals surface area contributed by atoms with E-state index in [-0.39, 0.29) is 23.7 Å². The molecule has 1 saturated carbocycles. The van der Waals surface area contributed by atoms with Crippen LogP contribution in [-0.4, -0.2) is 53.1 Å². The molecule has 1 heterocycles. The van der Waals surface area contributed by atoms with Gasteiger partial charge < -0.3 is 14.9 Å². The van der Waals surface area contributed by atoms with Crippen molar-refractivity contribution in [3.05, 3.63) is 0 Å². The second kappa shape index (κ2) is 3.96. The summed E-state index contributed by atoms with van der Waals surface area (Å²) < 4.78 is 0. The zero-order valence-corrected chi connectivity index (χ0v) is 9.72. The average molecular weight is 226 g/mol. The molecule has 90 valence electrons. The third-order valence-corrected chi connectivity index (χ3v) is 3.82. The quantitative estimate of drug-likeness (QED) is 0.771. The van der Waals surface area contributed by atoms with Crippen molar-refractivity contribution in [2.24, 2.45) is 17.8 Å². The fourth-order valence-corrected chi connectivity index (χ4v) is 2.79. The number of likely N-dealkylation sites (tertiary alicyclic amines) is 1. The summed E-state index contributed by atoms with van der Waals surface area (Å²) in [5.41, 5.74) is 0. The molecule has 0 unspecified atom stereocenters. The van der Waals surface area contributed by atoms with Crippen LogP contribution in [0.5, 0.6) is 0 Å². The Morgan fingerprint density at radius 2 is 1.75 bits per heavy atom. The van der Waals surface area contributed by atoms with E-state index >= 15 is 0 Å². The maximum absolute atomic E-state index is 12.0. The molecular weight excluding hydrogens is 208 g/mol. The molecule has 16 heavy (non-hydrogen) atoms. The molecule has 1 saturated heterocycles. The number of nitrogens with zero attached hydrogens (tertiary/aromatic N) is 2. The van der Waals surface area contributed by atoms with Crippen LogP contribution in [-0.2, 0) is 4.79 Å². The van der Waals surface area contributed by atoms with E-state index in [2.05, 4.69) is 0 Å². The van der Waals surface area contributed by atoms with Gasteiger partial charge >= 0.3 is 6.09 Å². The van der Waals surface area contributed by atoms with Gasteiger partial charge in [0.05, 0.1) is 0 Å². The van der Waals surface area contributed by atoms with E-state index in [1.165, 1.54) is 4.90 Å². The minimum Gasteiger partial charge on any atom is -0.465 e. The van der Waals surface area contributed by atoms with Gasteiger partial charge in [-0.2, -0.15) is 0 Å². The average Bonchev–Trinajstić information content (AvgIpc) is 2.74. The summed E-state index contributed by atoms with van der Waals surface area (Å²) >= 11 is 0. The Morgan fingerprint density at radius 1 is 1.25 bits per heavy atom. The normalized spacial score (nSPS) is 31.1. The van der Waals surface area contributed by atoms with E-state index in [0.717, 1.165) is 13.1 Å². The Kier molecular flexibility index (Phi) is 2.78. The molecule has 2 rings (SSSR count). The van der Waals surface area contributed by atoms with Gasteiger partial charge in [-0.15, -0.1) is 0 Å². The molecular formula is C11H18N2O3. The van der Waals surface area contributed by atoms with E-state index in [1.54, 1.807) is 0 Å². The van der Waals surface area contributed by atoms with E-state index in [0.29, 0.717) is 13.1 Å². The summed E-state index contributed by atoms with van der Waals surface area (Å²) in [7, 11) is 0.